The summed E-state index contributed by atoms with van der Waals surface area (Å²) in [7, 11) is 0. The first-order valence-corrected chi connectivity index (χ1v) is 11.5. The number of halogens is 1. The highest BCUT2D eigenvalue weighted by atomic mass is 79.9. The van der Waals surface area contributed by atoms with Gasteiger partial charge in [-0.15, -0.1) is 0 Å². The minimum Gasteiger partial charge on any atom is -0.309 e. The molecule has 5 aromatic carbocycles. The number of aromatic nitrogens is 1. The van der Waals surface area contributed by atoms with Crippen LogP contribution in [0.4, 0.5) is 0 Å². The lowest BCUT2D eigenvalue weighted by atomic mass is 9.94. The lowest BCUT2D eigenvalue weighted by molar-refractivity contribution is 1.18. The largest absolute Gasteiger partial charge is 0.309 e. The van der Waals surface area contributed by atoms with E-state index in [0.717, 1.165) is 4.47 Å². The van der Waals surface area contributed by atoms with Crippen molar-refractivity contribution in [3.8, 4) is 27.9 Å². The number of nitrogens with zero attached hydrogens (tertiary/aromatic N) is 1. The van der Waals surface area contributed by atoms with Gasteiger partial charge in [0.2, 0.25) is 0 Å². The molecule has 1 aromatic heterocycles. The van der Waals surface area contributed by atoms with Gasteiger partial charge in [0.1, 0.15) is 0 Å². The second kappa shape index (κ2) is 7.81. The summed E-state index contributed by atoms with van der Waals surface area (Å²) in [6, 6.07) is 43.2. The van der Waals surface area contributed by atoms with E-state index in [-0.39, 0.29) is 0 Å². The molecule has 1 nitrogen and oxygen atoms in total. The Hall–Kier alpha value is -3.62. The summed E-state index contributed by atoms with van der Waals surface area (Å²) >= 11 is 3.68. The fraction of sp³-hybridized carbons (Fsp3) is 0. The van der Waals surface area contributed by atoms with Gasteiger partial charge in [-0.1, -0.05) is 94.8 Å². The average Bonchev–Trinajstić information content (AvgIpc) is 3.18. The third-order valence-corrected chi connectivity index (χ3v) is 6.56. The molecule has 0 bridgehead atoms. The first-order valence-electron chi connectivity index (χ1n) is 10.7. The molecule has 6 rings (SSSR count). The SMILES string of the molecule is Brc1ccc2c(c1)c1cc(-c3ccccc3-c3ccccc3)ccc1n2-c1ccccc1. The molecule has 1 heterocycles. The van der Waals surface area contributed by atoms with Crippen LogP contribution in [-0.2, 0) is 0 Å². The van der Waals surface area contributed by atoms with Crippen LogP contribution in [0.15, 0.2) is 126 Å². The summed E-state index contributed by atoms with van der Waals surface area (Å²) in [6.07, 6.45) is 0. The number of hydrogen-bond acceptors (Lipinski definition) is 0. The Labute approximate surface area is 195 Å². The Bertz CT molecular complexity index is 1560. The molecule has 6 aromatic rings. The summed E-state index contributed by atoms with van der Waals surface area (Å²) in [5, 5.41) is 2.50. The molecule has 2 heteroatoms. The van der Waals surface area contributed by atoms with E-state index in [4.69, 9.17) is 0 Å². The smallest absolute Gasteiger partial charge is 0.0541 e. The van der Waals surface area contributed by atoms with Gasteiger partial charge in [0.05, 0.1) is 11.0 Å². The molecule has 152 valence electrons. The number of para-hydroxylation sites is 1. The Morgan fingerprint density at radius 2 is 1.03 bits per heavy atom. The predicted octanol–water partition coefficient (Wildman–Crippen LogP) is 8.88. The molecule has 0 amide bonds. The lowest BCUT2D eigenvalue weighted by Crippen LogP contribution is -1.93. The maximum absolute atomic E-state index is 3.68. The molecule has 0 fully saturated rings. The topological polar surface area (TPSA) is 4.93 Å². The number of benzene rings is 5. The van der Waals surface area contributed by atoms with Gasteiger partial charge < -0.3 is 4.57 Å². The van der Waals surface area contributed by atoms with Crippen LogP contribution in [0.2, 0.25) is 0 Å². The minimum atomic E-state index is 1.09. The Morgan fingerprint density at radius 3 is 1.75 bits per heavy atom. The van der Waals surface area contributed by atoms with E-state index in [1.54, 1.807) is 0 Å². The summed E-state index contributed by atoms with van der Waals surface area (Å²) in [4.78, 5) is 0. The van der Waals surface area contributed by atoms with Crippen molar-refractivity contribution in [2.45, 2.75) is 0 Å². The molecule has 0 unspecified atom stereocenters. The van der Waals surface area contributed by atoms with Gasteiger partial charge >= 0.3 is 0 Å². The first-order chi connectivity index (χ1) is 15.8. The van der Waals surface area contributed by atoms with E-state index in [1.165, 1.54) is 49.7 Å². The van der Waals surface area contributed by atoms with Gasteiger partial charge in [-0.05, 0) is 64.7 Å². The van der Waals surface area contributed by atoms with Crippen LogP contribution in [-0.4, -0.2) is 4.57 Å². The van der Waals surface area contributed by atoms with E-state index < -0.39 is 0 Å². The molecule has 0 N–H and O–H groups in total. The standard InChI is InChI=1S/C30H20BrN/c31-23-16-18-30-28(20-23)27-19-22(15-17-29(27)32(30)24-11-5-2-6-12-24)26-14-8-7-13-25(26)21-9-3-1-4-10-21/h1-20H. The molecular formula is C30H20BrN. The van der Waals surface area contributed by atoms with Gasteiger partial charge in [0, 0.05) is 20.9 Å². The highest BCUT2D eigenvalue weighted by molar-refractivity contribution is 9.10. The van der Waals surface area contributed by atoms with E-state index in [2.05, 4.69) is 142 Å². The molecule has 0 atom stereocenters. The molecule has 0 radical (unpaired) electrons. The second-order valence-electron chi connectivity index (χ2n) is 7.98. The quantitative estimate of drug-likeness (QED) is 0.241. The predicted molar refractivity (Wildman–Crippen MR) is 139 cm³/mol. The van der Waals surface area contributed by atoms with Crippen LogP contribution in [0.1, 0.15) is 0 Å². The molecule has 0 aliphatic rings. The van der Waals surface area contributed by atoms with Gasteiger partial charge in [0.25, 0.3) is 0 Å². The van der Waals surface area contributed by atoms with Crippen molar-refractivity contribution in [3.63, 3.8) is 0 Å². The Morgan fingerprint density at radius 1 is 0.469 bits per heavy atom. The van der Waals surface area contributed by atoms with Crippen LogP contribution >= 0.6 is 15.9 Å². The van der Waals surface area contributed by atoms with E-state index in [0.29, 0.717) is 0 Å². The van der Waals surface area contributed by atoms with Crippen molar-refractivity contribution in [3.05, 3.63) is 126 Å². The fourth-order valence-corrected chi connectivity index (χ4v) is 4.98. The van der Waals surface area contributed by atoms with Gasteiger partial charge in [0.15, 0.2) is 0 Å². The number of fused-ring (bicyclic) bond motifs is 3. The van der Waals surface area contributed by atoms with Crippen LogP contribution in [0, 0.1) is 0 Å². The molecule has 0 spiro atoms. The van der Waals surface area contributed by atoms with E-state index in [9.17, 15) is 0 Å². The zero-order valence-electron chi connectivity index (χ0n) is 17.4. The zero-order valence-corrected chi connectivity index (χ0v) is 19.0. The van der Waals surface area contributed by atoms with Crippen LogP contribution in [0.5, 0.6) is 0 Å². The number of hydrogen-bond donors (Lipinski definition) is 0. The average molecular weight is 474 g/mol. The normalized spacial score (nSPS) is 11.3. The zero-order chi connectivity index (χ0) is 21.5. The molecule has 0 saturated carbocycles. The first kappa shape index (κ1) is 19.1. The van der Waals surface area contributed by atoms with Crippen molar-refractivity contribution in [2.75, 3.05) is 0 Å². The van der Waals surface area contributed by atoms with Gasteiger partial charge in [-0.2, -0.15) is 0 Å². The van der Waals surface area contributed by atoms with Gasteiger partial charge in [-0.3, -0.25) is 0 Å². The summed E-state index contributed by atoms with van der Waals surface area (Å²) in [5.41, 5.74) is 8.55. The van der Waals surface area contributed by atoms with Crippen molar-refractivity contribution in [2.24, 2.45) is 0 Å². The molecule has 0 aliphatic heterocycles. The molecular weight excluding hydrogens is 454 g/mol. The van der Waals surface area contributed by atoms with Crippen molar-refractivity contribution < 1.29 is 0 Å². The van der Waals surface area contributed by atoms with E-state index >= 15 is 0 Å². The minimum absolute atomic E-state index is 1.09. The summed E-state index contributed by atoms with van der Waals surface area (Å²) in [5.74, 6) is 0. The summed E-state index contributed by atoms with van der Waals surface area (Å²) in [6.45, 7) is 0. The van der Waals surface area contributed by atoms with Crippen LogP contribution in [0.25, 0.3) is 49.7 Å². The monoisotopic (exact) mass is 473 g/mol. The van der Waals surface area contributed by atoms with Gasteiger partial charge in [-0.25, -0.2) is 0 Å². The maximum Gasteiger partial charge on any atom is 0.0541 e. The fourth-order valence-electron chi connectivity index (χ4n) is 4.62. The highest BCUT2D eigenvalue weighted by Gasteiger charge is 2.15. The van der Waals surface area contributed by atoms with Crippen molar-refractivity contribution >= 4 is 37.7 Å². The summed E-state index contributed by atoms with van der Waals surface area (Å²) < 4.78 is 3.44. The second-order valence-corrected chi connectivity index (χ2v) is 8.89. The third kappa shape index (κ3) is 3.16. The number of rotatable bonds is 3. The maximum atomic E-state index is 3.68. The van der Waals surface area contributed by atoms with Crippen molar-refractivity contribution in [1.29, 1.82) is 0 Å². The van der Waals surface area contributed by atoms with Crippen LogP contribution < -0.4 is 0 Å². The highest BCUT2D eigenvalue weighted by Crippen LogP contribution is 2.38. The third-order valence-electron chi connectivity index (χ3n) is 6.06. The van der Waals surface area contributed by atoms with Crippen LogP contribution in [0.3, 0.4) is 0 Å². The van der Waals surface area contributed by atoms with E-state index in [1.807, 2.05) is 0 Å². The molecule has 0 saturated heterocycles. The van der Waals surface area contributed by atoms with Crippen molar-refractivity contribution in [1.82, 2.24) is 4.57 Å². The molecule has 32 heavy (non-hydrogen) atoms. The Balaban J connectivity index is 1.64. The molecule has 0 aliphatic carbocycles. The lowest BCUT2D eigenvalue weighted by Gasteiger charge is -2.11. The Kier molecular flexibility index (Phi) is 4.66.